The zero-order chi connectivity index (χ0) is 22.7. The fourth-order valence-corrected chi connectivity index (χ4v) is 4.38. The average molecular weight is 451 g/mol. The van der Waals surface area contributed by atoms with Crippen LogP contribution in [-0.2, 0) is 19.3 Å². The maximum absolute atomic E-state index is 12.7. The average Bonchev–Trinajstić information content (AvgIpc) is 3.23. The van der Waals surface area contributed by atoms with Gasteiger partial charge in [0.15, 0.2) is 5.69 Å². The second-order valence-electron chi connectivity index (χ2n) is 8.72. The number of hydrogen-bond donors (Lipinski definition) is 0. The lowest BCUT2D eigenvalue weighted by Gasteiger charge is -2.34. The number of piperidine rings is 1. The highest BCUT2D eigenvalue weighted by Gasteiger charge is 2.30. The first-order valence-corrected chi connectivity index (χ1v) is 11.2. The first-order valence-electron chi connectivity index (χ1n) is 11.2. The van der Waals surface area contributed by atoms with Crippen LogP contribution in [0.15, 0.2) is 34.9 Å². The summed E-state index contributed by atoms with van der Waals surface area (Å²) in [5, 5.41) is 0. The minimum absolute atomic E-state index is 0.0615. The van der Waals surface area contributed by atoms with Gasteiger partial charge in [-0.15, -0.1) is 0 Å². The van der Waals surface area contributed by atoms with Crippen LogP contribution in [0.2, 0.25) is 0 Å². The molecule has 1 unspecified atom stereocenters. The molecule has 2 saturated heterocycles. The minimum Gasteiger partial charge on any atom is -0.447 e. The molecule has 0 saturated carbocycles. The number of benzene rings is 1. The summed E-state index contributed by atoms with van der Waals surface area (Å²) < 4.78 is 43.7. The van der Waals surface area contributed by atoms with Crippen LogP contribution in [-0.4, -0.2) is 64.4 Å². The zero-order valence-corrected chi connectivity index (χ0v) is 18.3. The molecule has 0 N–H and O–H groups in total. The first-order chi connectivity index (χ1) is 15.3. The third kappa shape index (κ3) is 5.50. The van der Waals surface area contributed by atoms with Crippen molar-refractivity contribution in [3.05, 3.63) is 53.2 Å². The SMILES string of the molecule is CC1CCCCN1C(=O)c1coc(CN2CCN(Cc3ccc(C(F)(F)F)cc3)CC2)n1. The number of alkyl halides is 3. The maximum Gasteiger partial charge on any atom is 0.416 e. The predicted molar refractivity (Wildman–Crippen MR) is 113 cm³/mol. The van der Waals surface area contributed by atoms with Gasteiger partial charge in [0.05, 0.1) is 12.1 Å². The summed E-state index contributed by atoms with van der Waals surface area (Å²) in [6, 6.07) is 5.59. The van der Waals surface area contributed by atoms with Gasteiger partial charge >= 0.3 is 6.18 Å². The predicted octanol–water partition coefficient (Wildman–Crippen LogP) is 4.03. The number of carbonyl (C=O) groups is 1. The first kappa shape index (κ1) is 22.8. The molecule has 9 heteroatoms. The van der Waals surface area contributed by atoms with Crippen molar-refractivity contribution in [3.63, 3.8) is 0 Å². The third-order valence-electron chi connectivity index (χ3n) is 6.35. The summed E-state index contributed by atoms with van der Waals surface area (Å²) in [6.07, 6.45) is 0.352. The van der Waals surface area contributed by atoms with Crippen LogP contribution in [0.5, 0.6) is 0 Å². The molecule has 2 aliphatic heterocycles. The molecule has 0 radical (unpaired) electrons. The van der Waals surface area contributed by atoms with E-state index >= 15 is 0 Å². The number of amides is 1. The Balaban J connectivity index is 1.25. The Morgan fingerprint density at radius 2 is 1.69 bits per heavy atom. The smallest absolute Gasteiger partial charge is 0.416 e. The maximum atomic E-state index is 12.7. The van der Waals surface area contributed by atoms with Crippen molar-refractivity contribution in [1.82, 2.24) is 19.7 Å². The highest BCUT2D eigenvalue weighted by molar-refractivity contribution is 5.92. The Morgan fingerprint density at radius 1 is 1.03 bits per heavy atom. The highest BCUT2D eigenvalue weighted by atomic mass is 19.4. The summed E-state index contributed by atoms with van der Waals surface area (Å²) in [5.74, 6) is 0.475. The Bertz CT molecular complexity index is 905. The summed E-state index contributed by atoms with van der Waals surface area (Å²) in [5.41, 5.74) is 0.619. The fraction of sp³-hybridized carbons (Fsp3) is 0.565. The van der Waals surface area contributed by atoms with Crippen LogP contribution < -0.4 is 0 Å². The molecule has 174 valence electrons. The van der Waals surface area contributed by atoms with Gasteiger partial charge in [0, 0.05) is 45.3 Å². The fourth-order valence-electron chi connectivity index (χ4n) is 4.38. The molecule has 3 heterocycles. The number of nitrogens with zero attached hydrogens (tertiary/aromatic N) is 4. The van der Waals surface area contributed by atoms with E-state index in [0.29, 0.717) is 24.7 Å². The van der Waals surface area contributed by atoms with Crippen molar-refractivity contribution in [2.24, 2.45) is 0 Å². The van der Waals surface area contributed by atoms with Crippen LogP contribution in [0.3, 0.4) is 0 Å². The third-order valence-corrected chi connectivity index (χ3v) is 6.35. The number of halogens is 3. The van der Waals surface area contributed by atoms with Crippen LogP contribution in [0.4, 0.5) is 13.2 Å². The Morgan fingerprint density at radius 3 is 2.31 bits per heavy atom. The molecule has 0 aliphatic carbocycles. The molecule has 1 atom stereocenters. The van der Waals surface area contributed by atoms with Crippen molar-refractivity contribution >= 4 is 5.91 Å². The second kappa shape index (κ2) is 9.62. The minimum atomic E-state index is -4.31. The lowest BCUT2D eigenvalue weighted by molar-refractivity contribution is -0.137. The van der Waals surface area contributed by atoms with Crippen molar-refractivity contribution in [2.75, 3.05) is 32.7 Å². The topological polar surface area (TPSA) is 52.8 Å². The van der Waals surface area contributed by atoms with Gasteiger partial charge in [0.25, 0.3) is 5.91 Å². The molecule has 6 nitrogen and oxygen atoms in total. The van der Waals surface area contributed by atoms with Gasteiger partial charge in [-0.1, -0.05) is 12.1 Å². The number of carbonyl (C=O) groups excluding carboxylic acids is 1. The normalized spacial score (nSPS) is 21.1. The molecule has 32 heavy (non-hydrogen) atoms. The summed E-state index contributed by atoms with van der Waals surface area (Å²) in [7, 11) is 0. The summed E-state index contributed by atoms with van der Waals surface area (Å²) in [6.45, 7) is 7.21. The Hall–Kier alpha value is -2.39. The summed E-state index contributed by atoms with van der Waals surface area (Å²) in [4.78, 5) is 23.5. The molecule has 1 aromatic carbocycles. The molecule has 1 amide bonds. The molecular weight excluding hydrogens is 421 g/mol. The molecule has 0 bridgehead atoms. The molecule has 2 aliphatic rings. The lowest BCUT2D eigenvalue weighted by Crippen LogP contribution is -2.45. The number of rotatable bonds is 5. The molecule has 2 aromatic rings. The molecular formula is C23H29F3N4O2. The van der Waals surface area contributed by atoms with E-state index in [1.807, 2.05) is 4.90 Å². The van der Waals surface area contributed by atoms with Gasteiger partial charge in [0.2, 0.25) is 5.89 Å². The monoisotopic (exact) mass is 450 g/mol. The number of oxazole rings is 1. The van der Waals surface area contributed by atoms with Crippen LogP contribution >= 0.6 is 0 Å². The Labute approximate surface area is 186 Å². The number of aromatic nitrogens is 1. The van der Waals surface area contributed by atoms with E-state index in [9.17, 15) is 18.0 Å². The van der Waals surface area contributed by atoms with E-state index in [2.05, 4.69) is 21.7 Å². The van der Waals surface area contributed by atoms with Gasteiger partial charge in [0.1, 0.15) is 6.26 Å². The standard InChI is InChI=1S/C23H29F3N4O2/c1-17-4-2-3-9-30(17)22(31)20-16-32-21(27-20)15-29-12-10-28(11-13-29)14-18-5-7-19(8-6-18)23(24,25)26/h5-8,16-17H,2-4,9-15H2,1H3. The van der Waals surface area contributed by atoms with E-state index in [0.717, 1.165) is 69.7 Å². The van der Waals surface area contributed by atoms with Gasteiger partial charge in [-0.2, -0.15) is 13.2 Å². The van der Waals surface area contributed by atoms with E-state index in [1.54, 1.807) is 12.1 Å². The van der Waals surface area contributed by atoms with Gasteiger partial charge in [-0.3, -0.25) is 14.6 Å². The van der Waals surface area contributed by atoms with Crippen molar-refractivity contribution in [3.8, 4) is 0 Å². The van der Waals surface area contributed by atoms with Crippen LogP contribution in [0.1, 0.15) is 53.7 Å². The molecule has 1 aromatic heterocycles. The van der Waals surface area contributed by atoms with Crippen molar-refractivity contribution in [1.29, 1.82) is 0 Å². The van der Waals surface area contributed by atoms with Crippen LogP contribution in [0, 0.1) is 0 Å². The molecule has 2 fully saturated rings. The van der Waals surface area contributed by atoms with E-state index in [-0.39, 0.29) is 11.9 Å². The molecule has 4 rings (SSSR count). The van der Waals surface area contributed by atoms with Crippen molar-refractivity contribution < 1.29 is 22.4 Å². The number of piperazine rings is 1. The second-order valence-corrected chi connectivity index (χ2v) is 8.72. The van der Waals surface area contributed by atoms with Crippen LogP contribution in [0.25, 0.3) is 0 Å². The van der Waals surface area contributed by atoms with Gasteiger partial charge < -0.3 is 9.32 Å². The van der Waals surface area contributed by atoms with E-state index in [1.165, 1.54) is 6.26 Å². The van der Waals surface area contributed by atoms with Crippen molar-refractivity contribution in [2.45, 2.75) is 51.5 Å². The number of hydrogen-bond acceptors (Lipinski definition) is 5. The van der Waals surface area contributed by atoms with Gasteiger partial charge in [-0.25, -0.2) is 4.98 Å². The summed E-state index contributed by atoms with van der Waals surface area (Å²) >= 11 is 0. The van der Waals surface area contributed by atoms with E-state index < -0.39 is 11.7 Å². The van der Waals surface area contributed by atoms with E-state index in [4.69, 9.17) is 4.42 Å². The molecule has 0 spiro atoms. The largest absolute Gasteiger partial charge is 0.447 e. The quantitative estimate of drug-likeness (QED) is 0.689. The zero-order valence-electron chi connectivity index (χ0n) is 18.3. The van der Waals surface area contributed by atoms with Gasteiger partial charge in [-0.05, 0) is 43.9 Å². The number of likely N-dealkylation sites (tertiary alicyclic amines) is 1. The lowest BCUT2D eigenvalue weighted by atomic mass is 10.0. The Kier molecular flexibility index (Phi) is 6.85. The highest BCUT2D eigenvalue weighted by Crippen LogP contribution is 2.29.